The van der Waals surface area contributed by atoms with Crippen molar-refractivity contribution in [3.63, 3.8) is 0 Å². The lowest BCUT2D eigenvalue weighted by molar-refractivity contribution is -0.142. The molecule has 4 atom stereocenters. The van der Waals surface area contributed by atoms with Gasteiger partial charge in [-0.05, 0) is 36.0 Å². The van der Waals surface area contributed by atoms with E-state index < -0.39 is 41.8 Å². The van der Waals surface area contributed by atoms with Crippen molar-refractivity contribution in [3.05, 3.63) is 36.0 Å². The summed E-state index contributed by atoms with van der Waals surface area (Å²) in [5.41, 5.74) is 7.08. The van der Waals surface area contributed by atoms with Gasteiger partial charge >= 0.3 is 5.97 Å². The minimum absolute atomic E-state index is 0.133. The van der Waals surface area contributed by atoms with Crippen molar-refractivity contribution in [1.29, 1.82) is 0 Å². The minimum Gasteiger partial charge on any atom is -0.480 e. The van der Waals surface area contributed by atoms with Crippen LogP contribution in [0.2, 0.25) is 0 Å². The highest BCUT2D eigenvalue weighted by molar-refractivity contribution is 7.98. The molecule has 192 valence electrons. The van der Waals surface area contributed by atoms with Gasteiger partial charge in [-0.3, -0.25) is 14.4 Å². The van der Waals surface area contributed by atoms with Crippen LogP contribution in [-0.4, -0.2) is 70.5 Å². The van der Waals surface area contributed by atoms with Gasteiger partial charge < -0.3 is 31.8 Å². The molecular formula is C24H35N5O5S. The number of nitrogens with two attached hydrogens (primary N) is 1. The highest BCUT2D eigenvalue weighted by atomic mass is 32.2. The zero-order valence-corrected chi connectivity index (χ0v) is 21.1. The number of carboxylic acids is 1. The Hall–Kier alpha value is -3.05. The monoisotopic (exact) mass is 505 g/mol. The van der Waals surface area contributed by atoms with Gasteiger partial charge in [0.25, 0.3) is 0 Å². The Morgan fingerprint density at radius 2 is 1.77 bits per heavy atom. The number of benzene rings is 1. The second-order valence-corrected chi connectivity index (χ2v) is 9.43. The summed E-state index contributed by atoms with van der Waals surface area (Å²) in [5.74, 6) is -2.42. The van der Waals surface area contributed by atoms with Crippen LogP contribution in [0.1, 0.15) is 32.3 Å². The van der Waals surface area contributed by atoms with Gasteiger partial charge in [-0.2, -0.15) is 11.8 Å². The van der Waals surface area contributed by atoms with E-state index in [-0.39, 0.29) is 25.3 Å². The van der Waals surface area contributed by atoms with Crippen molar-refractivity contribution in [2.24, 2.45) is 11.7 Å². The van der Waals surface area contributed by atoms with Gasteiger partial charge in [0.15, 0.2) is 0 Å². The summed E-state index contributed by atoms with van der Waals surface area (Å²) in [7, 11) is 0. The number of carbonyl (C=O) groups excluding carboxylic acids is 3. The van der Waals surface area contributed by atoms with Crippen molar-refractivity contribution in [3.8, 4) is 0 Å². The summed E-state index contributed by atoms with van der Waals surface area (Å²) in [6, 6.07) is 4.53. The molecular weight excluding hydrogens is 470 g/mol. The highest BCUT2D eigenvalue weighted by Crippen LogP contribution is 2.20. The van der Waals surface area contributed by atoms with E-state index in [1.54, 1.807) is 6.20 Å². The van der Waals surface area contributed by atoms with Crippen LogP contribution in [0.15, 0.2) is 30.5 Å². The summed E-state index contributed by atoms with van der Waals surface area (Å²) < 4.78 is 0. The van der Waals surface area contributed by atoms with Crippen LogP contribution in [0.25, 0.3) is 10.9 Å². The number of rotatable bonds is 14. The van der Waals surface area contributed by atoms with E-state index in [1.807, 2.05) is 44.4 Å². The van der Waals surface area contributed by atoms with Crippen molar-refractivity contribution >= 4 is 46.4 Å². The molecule has 0 aliphatic carbocycles. The number of thioether (sulfide) groups is 1. The molecule has 0 saturated carbocycles. The van der Waals surface area contributed by atoms with E-state index in [0.717, 1.165) is 16.5 Å². The van der Waals surface area contributed by atoms with Crippen LogP contribution in [0.5, 0.6) is 0 Å². The maximum atomic E-state index is 13.2. The molecule has 0 radical (unpaired) electrons. The fourth-order valence-corrected chi connectivity index (χ4v) is 4.16. The first-order valence-electron chi connectivity index (χ1n) is 11.6. The predicted molar refractivity (Wildman–Crippen MR) is 137 cm³/mol. The maximum absolute atomic E-state index is 13.2. The van der Waals surface area contributed by atoms with Crippen LogP contribution in [0.3, 0.4) is 0 Å². The van der Waals surface area contributed by atoms with E-state index >= 15 is 0 Å². The number of aromatic amines is 1. The van der Waals surface area contributed by atoms with E-state index in [9.17, 15) is 24.3 Å². The quantitative estimate of drug-likeness (QED) is 0.223. The van der Waals surface area contributed by atoms with Gasteiger partial charge in [0, 0.05) is 23.5 Å². The number of carbonyl (C=O) groups is 4. The van der Waals surface area contributed by atoms with Gasteiger partial charge in [0.1, 0.15) is 18.1 Å². The number of nitrogens with one attached hydrogen (secondary N) is 4. The number of carboxylic acid groups (broad SMARTS) is 1. The maximum Gasteiger partial charge on any atom is 0.326 e. The lowest BCUT2D eigenvalue weighted by Crippen LogP contribution is -2.58. The molecule has 35 heavy (non-hydrogen) atoms. The molecule has 3 amide bonds. The topological polar surface area (TPSA) is 166 Å². The van der Waals surface area contributed by atoms with E-state index in [4.69, 9.17) is 5.73 Å². The largest absolute Gasteiger partial charge is 0.480 e. The third-order valence-electron chi connectivity index (χ3n) is 5.95. The summed E-state index contributed by atoms with van der Waals surface area (Å²) in [6.07, 6.45) is 4.61. The second-order valence-electron chi connectivity index (χ2n) is 8.44. The Balaban J connectivity index is 2.32. The Labute approximate surface area is 209 Å². The molecule has 2 rings (SSSR count). The molecule has 0 spiro atoms. The first-order valence-corrected chi connectivity index (χ1v) is 13.0. The van der Waals surface area contributed by atoms with Gasteiger partial charge in [-0.25, -0.2) is 4.79 Å². The lowest BCUT2D eigenvalue weighted by atomic mass is 9.97. The number of aromatic nitrogens is 1. The van der Waals surface area contributed by atoms with Gasteiger partial charge in [0.05, 0.1) is 6.54 Å². The third kappa shape index (κ3) is 8.00. The first-order chi connectivity index (χ1) is 16.7. The molecule has 7 N–H and O–H groups in total. The standard InChI is InChI=1S/C24H35N5O5S/c1-4-14(2)21(29-20(30)12-25)23(32)28-19(22(31)27-18(24(33)34)9-10-35-3)11-15-13-26-17-8-6-5-7-16(15)17/h5-8,13-14,18-19,21,26H,4,9-12,25H2,1-3H3,(H,27,31)(H,28,32)(H,29,30)(H,33,34). The molecule has 0 saturated heterocycles. The SMILES string of the molecule is CCC(C)C(NC(=O)CN)C(=O)NC(Cc1c[nH]c2ccccc12)C(=O)NC(CCSC)C(=O)O. The molecule has 1 aromatic heterocycles. The Kier molecular flexibility index (Phi) is 11.1. The highest BCUT2D eigenvalue weighted by Gasteiger charge is 2.32. The van der Waals surface area contributed by atoms with Crippen molar-refractivity contribution in [1.82, 2.24) is 20.9 Å². The molecule has 1 aromatic carbocycles. The number of para-hydroxylation sites is 1. The van der Waals surface area contributed by atoms with Gasteiger partial charge in [-0.1, -0.05) is 38.5 Å². The van der Waals surface area contributed by atoms with Gasteiger partial charge in [0.2, 0.25) is 17.7 Å². The van der Waals surface area contributed by atoms with E-state index in [1.165, 1.54) is 11.8 Å². The number of aliphatic carboxylic acids is 1. The number of amides is 3. The van der Waals surface area contributed by atoms with Gasteiger partial charge in [-0.15, -0.1) is 0 Å². The number of fused-ring (bicyclic) bond motifs is 1. The van der Waals surface area contributed by atoms with Crippen LogP contribution in [0, 0.1) is 5.92 Å². The molecule has 0 aliphatic heterocycles. The van der Waals surface area contributed by atoms with Crippen LogP contribution < -0.4 is 21.7 Å². The fourth-order valence-electron chi connectivity index (χ4n) is 3.69. The molecule has 4 unspecified atom stereocenters. The van der Waals surface area contributed by atoms with Crippen LogP contribution >= 0.6 is 11.8 Å². The molecule has 11 heteroatoms. The first kappa shape index (κ1) is 28.2. The Morgan fingerprint density at radius 1 is 1.09 bits per heavy atom. The summed E-state index contributed by atoms with van der Waals surface area (Å²) in [5, 5.41) is 18.4. The Bertz CT molecular complexity index is 1030. The molecule has 0 aliphatic rings. The van der Waals surface area contributed by atoms with Crippen molar-refractivity contribution in [2.45, 2.75) is 51.2 Å². The average Bonchev–Trinajstić information content (AvgIpc) is 3.26. The smallest absolute Gasteiger partial charge is 0.326 e. The van der Waals surface area contributed by atoms with E-state index in [0.29, 0.717) is 12.2 Å². The van der Waals surface area contributed by atoms with Crippen molar-refractivity contribution in [2.75, 3.05) is 18.6 Å². The summed E-state index contributed by atoms with van der Waals surface area (Å²) >= 11 is 1.48. The third-order valence-corrected chi connectivity index (χ3v) is 6.60. The second kappa shape index (κ2) is 13.7. The predicted octanol–water partition coefficient (Wildman–Crippen LogP) is 1.01. The van der Waals surface area contributed by atoms with Crippen molar-refractivity contribution < 1.29 is 24.3 Å². The molecule has 0 bridgehead atoms. The number of hydrogen-bond donors (Lipinski definition) is 6. The number of H-pyrrole nitrogens is 1. The summed E-state index contributed by atoms with van der Waals surface area (Å²) in [6.45, 7) is 3.44. The minimum atomic E-state index is -1.14. The zero-order valence-electron chi connectivity index (χ0n) is 20.3. The Morgan fingerprint density at radius 3 is 2.40 bits per heavy atom. The lowest BCUT2D eigenvalue weighted by Gasteiger charge is -2.27. The van der Waals surface area contributed by atoms with Crippen LogP contribution in [-0.2, 0) is 25.6 Å². The average molecular weight is 506 g/mol. The zero-order chi connectivity index (χ0) is 26.0. The van der Waals surface area contributed by atoms with E-state index in [2.05, 4.69) is 20.9 Å². The summed E-state index contributed by atoms with van der Waals surface area (Å²) in [4.78, 5) is 53.2. The fraction of sp³-hybridized carbons (Fsp3) is 0.500. The molecule has 0 fully saturated rings. The van der Waals surface area contributed by atoms with Crippen LogP contribution in [0.4, 0.5) is 0 Å². The molecule has 1 heterocycles. The normalized spacial score (nSPS) is 14.5. The molecule has 10 nitrogen and oxygen atoms in total. The number of hydrogen-bond acceptors (Lipinski definition) is 6. The molecule has 2 aromatic rings.